The van der Waals surface area contributed by atoms with Crippen LogP contribution in [0.5, 0.6) is 5.75 Å². The average molecular weight is 569 g/mol. The van der Waals surface area contributed by atoms with Crippen LogP contribution in [0.4, 0.5) is 11.4 Å². The summed E-state index contributed by atoms with van der Waals surface area (Å²) in [5.74, 6) is -4.30. The Kier molecular flexibility index (Phi) is 5.38. The summed E-state index contributed by atoms with van der Waals surface area (Å²) in [5.41, 5.74) is -0.671. The lowest BCUT2D eigenvalue weighted by atomic mass is 9.75. The van der Waals surface area contributed by atoms with Crippen molar-refractivity contribution in [1.29, 1.82) is 0 Å². The molecule has 2 aromatic carbocycles. The molecule has 0 bridgehead atoms. The molecule has 3 saturated heterocycles. The zero-order chi connectivity index (χ0) is 25.7. The first-order valence-electron chi connectivity index (χ1n) is 11.2. The van der Waals surface area contributed by atoms with Gasteiger partial charge in [0.15, 0.2) is 5.75 Å². The highest BCUT2D eigenvalue weighted by atomic mass is 35.5. The Bertz CT molecular complexity index is 1410. The summed E-state index contributed by atoms with van der Waals surface area (Å²) in [7, 11) is 0. The molecule has 3 fully saturated rings. The zero-order valence-corrected chi connectivity index (χ0v) is 21.6. The van der Waals surface area contributed by atoms with E-state index in [1.165, 1.54) is 25.1 Å². The Morgan fingerprint density at radius 3 is 2.44 bits per heavy atom. The first-order valence-corrected chi connectivity index (χ1v) is 12.7. The topological polar surface area (TPSA) is 96.0 Å². The molecule has 3 amide bonds. The van der Waals surface area contributed by atoms with E-state index in [1.54, 1.807) is 6.07 Å². The first-order chi connectivity index (χ1) is 17.1. The molecule has 0 radical (unpaired) electrons. The Labute approximate surface area is 225 Å². The maximum atomic E-state index is 14.2. The van der Waals surface area contributed by atoms with Crippen molar-refractivity contribution in [2.75, 3.05) is 16.8 Å². The van der Waals surface area contributed by atoms with E-state index in [0.29, 0.717) is 29.2 Å². The summed E-state index contributed by atoms with van der Waals surface area (Å²) in [4.78, 5) is 56.6. The van der Waals surface area contributed by atoms with E-state index in [0.717, 1.165) is 11.3 Å². The van der Waals surface area contributed by atoms with Crippen molar-refractivity contribution in [3.8, 4) is 5.75 Å². The zero-order valence-electron chi connectivity index (χ0n) is 18.6. The van der Waals surface area contributed by atoms with Crippen LogP contribution >= 0.6 is 46.4 Å². The van der Waals surface area contributed by atoms with E-state index < -0.39 is 41.1 Å². The fourth-order valence-electron chi connectivity index (χ4n) is 6.42. The van der Waals surface area contributed by atoms with Crippen LogP contribution in [0, 0.1) is 11.8 Å². The number of anilines is 2. The van der Waals surface area contributed by atoms with Crippen molar-refractivity contribution < 1.29 is 23.9 Å². The van der Waals surface area contributed by atoms with E-state index in [4.69, 9.17) is 51.1 Å². The second kappa shape index (κ2) is 8.07. The van der Waals surface area contributed by atoms with Crippen LogP contribution in [0.15, 0.2) is 24.3 Å². The molecular weight excluding hydrogens is 552 g/mol. The number of ether oxygens (including phenoxy) is 1. The number of nitrogens with zero attached hydrogens (tertiary/aromatic N) is 2. The Hall–Kier alpha value is -2.36. The molecule has 186 valence electrons. The molecule has 0 saturated carbocycles. The highest BCUT2D eigenvalue weighted by molar-refractivity contribution is 6.39. The third kappa shape index (κ3) is 2.99. The van der Waals surface area contributed by atoms with Gasteiger partial charge in [0, 0.05) is 28.6 Å². The van der Waals surface area contributed by atoms with Crippen LogP contribution < -0.4 is 15.0 Å². The number of fused-ring (bicyclic) bond motifs is 7. The number of hydrogen-bond acceptors (Lipinski definition) is 6. The molecule has 0 aliphatic carbocycles. The van der Waals surface area contributed by atoms with Gasteiger partial charge in [-0.2, -0.15) is 0 Å². The highest BCUT2D eigenvalue weighted by Gasteiger charge is 2.75. The maximum Gasteiger partial charge on any atom is 0.308 e. The fourth-order valence-corrected chi connectivity index (χ4v) is 7.48. The number of rotatable bonds is 2. The standard InChI is InChI=1S/C24H17Cl4N3O5/c1-9(32)36-20-14(28)7-11(26)8-16(20)31-21(33)17-15-3-2-4-30(15)24(18(17)22(31)34)12-5-10(25)6-13(27)19(12)29-23(24)35/h5-8,15,17-18H,2-4H2,1H3,(H,29,35). The molecule has 6 rings (SSSR count). The van der Waals surface area contributed by atoms with Crippen molar-refractivity contribution in [3.63, 3.8) is 0 Å². The number of benzene rings is 2. The molecule has 0 aromatic heterocycles. The van der Waals surface area contributed by atoms with Gasteiger partial charge in [0.05, 0.1) is 33.3 Å². The van der Waals surface area contributed by atoms with Gasteiger partial charge in [0.1, 0.15) is 5.54 Å². The first kappa shape index (κ1) is 24.0. The fraction of sp³-hybridized carbons (Fsp3) is 0.333. The second-order valence-electron chi connectivity index (χ2n) is 9.28. The number of carbonyl (C=O) groups excluding carboxylic acids is 4. The van der Waals surface area contributed by atoms with Gasteiger partial charge in [0.2, 0.25) is 11.8 Å². The van der Waals surface area contributed by atoms with E-state index in [1.807, 2.05) is 4.90 Å². The summed E-state index contributed by atoms with van der Waals surface area (Å²) in [5, 5.41) is 3.49. The van der Waals surface area contributed by atoms with Crippen molar-refractivity contribution in [2.45, 2.75) is 31.3 Å². The maximum absolute atomic E-state index is 14.2. The molecule has 8 nitrogen and oxygen atoms in total. The summed E-state index contributed by atoms with van der Waals surface area (Å²) in [6.07, 6.45) is 1.37. The molecule has 4 aliphatic heterocycles. The third-order valence-electron chi connectivity index (χ3n) is 7.49. The summed E-state index contributed by atoms with van der Waals surface area (Å²) in [6, 6.07) is 5.47. The minimum atomic E-state index is -1.47. The third-order valence-corrected chi connectivity index (χ3v) is 8.51. The summed E-state index contributed by atoms with van der Waals surface area (Å²) >= 11 is 25.3. The smallest absolute Gasteiger partial charge is 0.308 e. The van der Waals surface area contributed by atoms with Gasteiger partial charge in [-0.25, -0.2) is 4.90 Å². The molecule has 1 N–H and O–H groups in total. The number of imide groups is 1. The van der Waals surface area contributed by atoms with Gasteiger partial charge in [-0.3, -0.25) is 24.1 Å². The van der Waals surface area contributed by atoms with Gasteiger partial charge < -0.3 is 10.1 Å². The Morgan fingerprint density at radius 2 is 1.72 bits per heavy atom. The number of amides is 3. The van der Waals surface area contributed by atoms with E-state index >= 15 is 0 Å². The quantitative estimate of drug-likeness (QED) is 0.322. The Morgan fingerprint density at radius 1 is 1.03 bits per heavy atom. The minimum absolute atomic E-state index is 0.0370. The normalized spacial score (nSPS) is 28.5. The number of carbonyl (C=O) groups is 4. The van der Waals surface area contributed by atoms with Crippen molar-refractivity contribution in [2.24, 2.45) is 11.8 Å². The summed E-state index contributed by atoms with van der Waals surface area (Å²) < 4.78 is 5.27. The predicted octanol–water partition coefficient (Wildman–Crippen LogP) is 4.66. The SMILES string of the molecule is CC(=O)Oc1c(Cl)cc(Cl)cc1N1C(=O)C2C3CCCN3C3(C(=O)Nc4c(Cl)cc(Cl)cc43)C2C1=O. The number of hydrogen-bond donors (Lipinski definition) is 1. The second-order valence-corrected chi connectivity index (χ2v) is 11.0. The summed E-state index contributed by atoms with van der Waals surface area (Å²) in [6.45, 7) is 1.70. The molecule has 4 atom stereocenters. The monoisotopic (exact) mass is 567 g/mol. The number of nitrogens with one attached hydrogen (secondary N) is 1. The number of esters is 1. The largest absolute Gasteiger partial charge is 0.423 e. The van der Waals surface area contributed by atoms with Gasteiger partial charge in [-0.05, 0) is 43.7 Å². The van der Waals surface area contributed by atoms with Crippen molar-refractivity contribution in [1.82, 2.24) is 4.90 Å². The molecule has 4 aliphatic rings. The van der Waals surface area contributed by atoms with Crippen LogP contribution in [0.2, 0.25) is 20.1 Å². The molecule has 2 aromatic rings. The molecule has 1 spiro atoms. The molecule has 4 heterocycles. The van der Waals surface area contributed by atoms with Gasteiger partial charge in [-0.15, -0.1) is 0 Å². The minimum Gasteiger partial charge on any atom is -0.423 e. The number of halogens is 4. The molecule has 4 unspecified atom stereocenters. The van der Waals surface area contributed by atoms with Crippen molar-refractivity contribution >= 4 is 81.5 Å². The van der Waals surface area contributed by atoms with Crippen molar-refractivity contribution in [3.05, 3.63) is 49.9 Å². The lowest BCUT2D eigenvalue weighted by Crippen LogP contribution is -2.54. The van der Waals surface area contributed by atoms with Crippen LogP contribution in [-0.2, 0) is 24.7 Å². The van der Waals surface area contributed by atoms with Gasteiger partial charge >= 0.3 is 5.97 Å². The highest BCUT2D eigenvalue weighted by Crippen LogP contribution is 2.62. The molecule has 36 heavy (non-hydrogen) atoms. The van der Waals surface area contributed by atoms with Crippen LogP contribution in [0.3, 0.4) is 0 Å². The molecular formula is C24H17Cl4N3O5. The van der Waals surface area contributed by atoms with Crippen LogP contribution in [-0.4, -0.2) is 41.2 Å². The van der Waals surface area contributed by atoms with Gasteiger partial charge in [0.25, 0.3) is 5.91 Å². The van der Waals surface area contributed by atoms with Crippen LogP contribution in [0.1, 0.15) is 25.3 Å². The predicted molar refractivity (Wildman–Crippen MR) is 134 cm³/mol. The lowest BCUT2D eigenvalue weighted by molar-refractivity contribution is -0.135. The van der Waals surface area contributed by atoms with E-state index in [9.17, 15) is 19.2 Å². The van der Waals surface area contributed by atoms with E-state index in [2.05, 4.69) is 5.32 Å². The van der Waals surface area contributed by atoms with E-state index in [-0.39, 0.29) is 32.5 Å². The Balaban J connectivity index is 1.57. The average Bonchev–Trinajstić information content (AvgIpc) is 3.49. The van der Waals surface area contributed by atoms with Gasteiger partial charge in [-0.1, -0.05) is 46.4 Å². The van der Waals surface area contributed by atoms with Crippen LogP contribution in [0.25, 0.3) is 0 Å². The lowest BCUT2D eigenvalue weighted by Gasteiger charge is -2.36. The molecule has 12 heteroatoms.